The molecule has 10 heteroatoms. The second-order valence-electron chi connectivity index (χ2n) is 11.8. The number of aromatic nitrogens is 3. The van der Waals surface area contributed by atoms with Gasteiger partial charge in [0.2, 0.25) is 5.91 Å². The summed E-state index contributed by atoms with van der Waals surface area (Å²) in [6, 6.07) is 11.6. The van der Waals surface area contributed by atoms with Gasteiger partial charge in [-0.05, 0) is 61.4 Å². The number of fused-ring (bicyclic) bond motifs is 3. The Morgan fingerprint density at radius 3 is 2.78 bits per heavy atom. The van der Waals surface area contributed by atoms with Gasteiger partial charge in [0.05, 0.1) is 34.3 Å². The van der Waals surface area contributed by atoms with E-state index in [1.165, 1.54) is 12.8 Å². The summed E-state index contributed by atoms with van der Waals surface area (Å²) in [6.45, 7) is 1.39. The average molecular weight is 559 g/mol. The lowest BCUT2D eigenvalue weighted by Crippen LogP contribution is -2.45. The smallest absolute Gasteiger partial charge is 0.254 e. The van der Waals surface area contributed by atoms with Crippen molar-refractivity contribution in [3.8, 4) is 17.3 Å². The molecule has 2 amide bonds. The molecule has 214 valence electrons. The maximum atomic E-state index is 13.3. The van der Waals surface area contributed by atoms with Crippen molar-refractivity contribution < 1.29 is 18.7 Å². The quantitative estimate of drug-likeness (QED) is 0.327. The molecule has 9 nitrogen and oxygen atoms in total. The summed E-state index contributed by atoms with van der Waals surface area (Å²) in [4.78, 5) is 31.6. The predicted molar refractivity (Wildman–Crippen MR) is 155 cm³/mol. The fourth-order valence-corrected chi connectivity index (χ4v) is 6.28. The van der Waals surface area contributed by atoms with E-state index < -0.39 is 12.7 Å². The van der Waals surface area contributed by atoms with Crippen LogP contribution < -0.4 is 15.8 Å². The summed E-state index contributed by atoms with van der Waals surface area (Å²) in [5.41, 5.74) is 11.2. The molecule has 1 saturated heterocycles. The summed E-state index contributed by atoms with van der Waals surface area (Å²) < 4.78 is 23.8. The lowest BCUT2D eigenvalue weighted by atomic mass is 9.97. The van der Waals surface area contributed by atoms with E-state index in [9.17, 15) is 14.0 Å². The Morgan fingerprint density at radius 1 is 1.17 bits per heavy atom. The molecule has 2 fully saturated rings. The first kappa shape index (κ1) is 26.0. The van der Waals surface area contributed by atoms with Gasteiger partial charge in [-0.2, -0.15) is 0 Å². The second-order valence-corrected chi connectivity index (χ2v) is 11.8. The topological polar surface area (TPSA) is 107 Å². The number of alkyl halides is 1. The molecule has 2 atom stereocenters. The van der Waals surface area contributed by atoms with E-state index in [4.69, 9.17) is 15.5 Å². The van der Waals surface area contributed by atoms with E-state index in [2.05, 4.69) is 32.7 Å². The number of nitrogens with one attached hydrogen (secondary N) is 1. The summed E-state index contributed by atoms with van der Waals surface area (Å²) in [5, 5.41) is 4.07. The first-order chi connectivity index (χ1) is 19.9. The number of amides is 2. The minimum atomic E-state index is -0.676. The maximum absolute atomic E-state index is 13.3. The molecule has 3 aliphatic rings. The van der Waals surface area contributed by atoms with Crippen molar-refractivity contribution in [3.05, 3.63) is 47.5 Å². The van der Waals surface area contributed by atoms with Crippen LogP contribution in [0.4, 0.5) is 4.39 Å². The zero-order valence-electron chi connectivity index (χ0n) is 23.2. The summed E-state index contributed by atoms with van der Waals surface area (Å²) in [5.74, 6) is 2.22. The highest BCUT2D eigenvalue weighted by Crippen LogP contribution is 2.39. The first-order valence-electron chi connectivity index (χ1n) is 14.5. The van der Waals surface area contributed by atoms with E-state index >= 15 is 0 Å². The number of rotatable bonds is 9. The van der Waals surface area contributed by atoms with Crippen LogP contribution in [-0.2, 0) is 24.8 Å². The number of nitrogens with zero attached hydrogens (tertiary/aromatic N) is 4. The molecule has 0 unspecified atom stereocenters. The van der Waals surface area contributed by atoms with Gasteiger partial charge >= 0.3 is 0 Å². The van der Waals surface area contributed by atoms with Crippen molar-refractivity contribution >= 4 is 33.8 Å². The average Bonchev–Trinajstić information content (AvgIpc) is 3.45. The summed E-state index contributed by atoms with van der Waals surface area (Å²) in [7, 11) is 2.02. The third kappa shape index (κ3) is 4.73. The normalized spacial score (nSPS) is 19.7. The van der Waals surface area contributed by atoms with Crippen LogP contribution in [0.25, 0.3) is 33.5 Å². The lowest BCUT2D eigenvalue weighted by molar-refractivity contribution is -0.119. The molecule has 4 heterocycles. The van der Waals surface area contributed by atoms with Gasteiger partial charge in [-0.25, -0.2) is 9.37 Å². The van der Waals surface area contributed by atoms with Crippen LogP contribution in [-0.4, -0.2) is 69.3 Å². The van der Waals surface area contributed by atoms with E-state index in [0.29, 0.717) is 37.5 Å². The van der Waals surface area contributed by atoms with Gasteiger partial charge in [0.15, 0.2) is 5.82 Å². The Morgan fingerprint density at radius 2 is 2.02 bits per heavy atom. The lowest BCUT2D eigenvalue weighted by Gasteiger charge is -2.30. The van der Waals surface area contributed by atoms with Crippen LogP contribution in [0, 0.1) is 5.92 Å². The monoisotopic (exact) mass is 558 g/mol. The van der Waals surface area contributed by atoms with E-state index in [0.717, 1.165) is 57.7 Å². The van der Waals surface area contributed by atoms with Crippen molar-refractivity contribution in [2.75, 3.05) is 26.4 Å². The molecule has 3 N–H and O–H groups in total. The highest BCUT2D eigenvalue weighted by molar-refractivity contribution is 6.01. The zero-order chi connectivity index (χ0) is 28.2. The van der Waals surface area contributed by atoms with Crippen LogP contribution >= 0.6 is 0 Å². The zero-order valence-corrected chi connectivity index (χ0v) is 23.2. The first-order valence-corrected chi connectivity index (χ1v) is 14.5. The predicted octanol–water partition coefficient (Wildman–Crippen LogP) is 3.56. The van der Waals surface area contributed by atoms with Gasteiger partial charge in [0, 0.05) is 44.1 Å². The van der Waals surface area contributed by atoms with Crippen LogP contribution in [0.3, 0.4) is 0 Å². The number of aryl methyl sites for hydroxylation is 1. The number of nitrogens with two attached hydrogens (primary N) is 1. The number of imidazole rings is 1. The molecular formula is C31H35FN6O3. The fraction of sp³-hybridized carbons (Fsp3) is 0.452. The SMILES string of the molecule is Cn1c(-c2cc3cccc(OC[C@@H]4CCC(=O)N4)c3n2CC2CC2)nc2cc3c(cc21)CCN(C[C@H](N)CF)C3=O. The number of ether oxygens (including phenoxy) is 1. The minimum Gasteiger partial charge on any atom is -0.489 e. The third-order valence-electron chi connectivity index (χ3n) is 8.70. The van der Waals surface area contributed by atoms with E-state index in [-0.39, 0.29) is 24.4 Å². The number of carbonyl (C=O) groups excluding carboxylic acids is 2. The van der Waals surface area contributed by atoms with Crippen molar-refractivity contribution in [1.82, 2.24) is 24.3 Å². The molecule has 2 aromatic heterocycles. The number of hydrogen-bond donors (Lipinski definition) is 2. The third-order valence-corrected chi connectivity index (χ3v) is 8.70. The van der Waals surface area contributed by atoms with Crippen LogP contribution in [0.5, 0.6) is 5.75 Å². The molecule has 4 aromatic rings. The molecule has 0 bridgehead atoms. The maximum Gasteiger partial charge on any atom is 0.254 e. The molecule has 1 saturated carbocycles. The highest BCUT2D eigenvalue weighted by Gasteiger charge is 2.30. The Balaban J connectivity index is 1.28. The van der Waals surface area contributed by atoms with Crippen LogP contribution in [0.2, 0.25) is 0 Å². The minimum absolute atomic E-state index is 0.0290. The number of benzene rings is 2. The standard InChI is InChI=1S/C31H35FN6O3/c1-36-25-11-19-9-10-37(16-21(33)14-32)31(40)23(19)13-24(25)35-30(36)26-12-20-3-2-4-27(29(20)38(26)15-18-5-6-18)41-17-22-7-8-28(39)34-22/h2-4,11-13,18,21-22H,5-10,14-17,33H2,1H3,(H,34,39)/t21-,22+/m1/s1. The van der Waals surface area contributed by atoms with Gasteiger partial charge in [-0.1, -0.05) is 12.1 Å². The number of para-hydroxylation sites is 1. The number of halogens is 1. The molecule has 0 radical (unpaired) electrons. The molecule has 2 aromatic carbocycles. The summed E-state index contributed by atoms with van der Waals surface area (Å²) >= 11 is 0. The molecular weight excluding hydrogens is 523 g/mol. The van der Waals surface area contributed by atoms with Crippen LogP contribution in [0.1, 0.15) is 41.6 Å². The van der Waals surface area contributed by atoms with Crippen molar-refractivity contribution in [1.29, 1.82) is 0 Å². The van der Waals surface area contributed by atoms with E-state index in [1.807, 2.05) is 25.2 Å². The highest BCUT2D eigenvalue weighted by atomic mass is 19.1. The summed E-state index contributed by atoms with van der Waals surface area (Å²) in [6.07, 6.45) is 4.44. The van der Waals surface area contributed by atoms with Gasteiger partial charge in [0.1, 0.15) is 19.0 Å². The Labute approximate surface area is 237 Å². The van der Waals surface area contributed by atoms with E-state index in [1.54, 1.807) is 4.90 Å². The van der Waals surface area contributed by atoms with Gasteiger partial charge < -0.3 is 29.8 Å². The number of carbonyl (C=O) groups is 2. The molecule has 1 aliphatic carbocycles. The van der Waals surface area contributed by atoms with Gasteiger partial charge in [0.25, 0.3) is 5.91 Å². The van der Waals surface area contributed by atoms with Crippen LogP contribution in [0.15, 0.2) is 36.4 Å². The van der Waals surface area contributed by atoms with Crippen molar-refractivity contribution in [3.63, 3.8) is 0 Å². The van der Waals surface area contributed by atoms with Crippen molar-refractivity contribution in [2.24, 2.45) is 18.7 Å². The Hall–Kier alpha value is -3.92. The Bertz CT molecular complexity index is 1670. The van der Waals surface area contributed by atoms with Gasteiger partial charge in [-0.15, -0.1) is 0 Å². The second kappa shape index (κ2) is 10.2. The Kier molecular flexibility index (Phi) is 6.45. The molecule has 7 rings (SSSR count). The number of hydrogen-bond acceptors (Lipinski definition) is 5. The molecule has 2 aliphatic heterocycles. The molecule has 0 spiro atoms. The largest absolute Gasteiger partial charge is 0.489 e. The van der Waals surface area contributed by atoms with Crippen molar-refractivity contribution in [2.45, 2.75) is 50.7 Å². The molecule has 41 heavy (non-hydrogen) atoms. The van der Waals surface area contributed by atoms with Gasteiger partial charge in [-0.3, -0.25) is 9.59 Å². The fourth-order valence-electron chi connectivity index (χ4n) is 6.28.